The van der Waals surface area contributed by atoms with Crippen LogP contribution in [-0.4, -0.2) is 55.2 Å². The van der Waals surface area contributed by atoms with Gasteiger partial charge in [-0.2, -0.15) is 0 Å². The predicted octanol–water partition coefficient (Wildman–Crippen LogP) is 9.71. The molecule has 0 amide bonds. The zero-order chi connectivity index (χ0) is 33.5. The van der Waals surface area contributed by atoms with Gasteiger partial charge in [0.25, 0.3) is 0 Å². The van der Waals surface area contributed by atoms with Gasteiger partial charge in [-0.25, -0.2) is 0 Å². The number of carbonyl (C=O) groups is 2. The molecule has 2 radical (unpaired) electrons. The molecular formula is C32H52O6S2Si4. The summed E-state index contributed by atoms with van der Waals surface area (Å²) in [6.45, 7) is 28.4. The van der Waals surface area contributed by atoms with Crippen LogP contribution in [0.3, 0.4) is 0 Å². The summed E-state index contributed by atoms with van der Waals surface area (Å²) >= 11 is 0. The van der Waals surface area contributed by atoms with Crippen molar-refractivity contribution < 1.29 is 27.3 Å². The summed E-state index contributed by atoms with van der Waals surface area (Å²) in [5.74, 6) is 0. The highest BCUT2D eigenvalue weighted by atomic mass is 32.3. The maximum absolute atomic E-state index is 13.9. The van der Waals surface area contributed by atoms with Crippen molar-refractivity contribution in [2.75, 3.05) is 0 Å². The van der Waals surface area contributed by atoms with Gasteiger partial charge in [0.15, 0.2) is 37.1 Å². The van der Waals surface area contributed by atoms with E-state index < -0.39 is 65.0 Å². The van der Waals surface area contributed by atoms with Crippen LogP contribution in [0.25, 0.3) is 9.81 Å². The highest BCUT2D eigenvalue weighted by Gasteiger charge is 2.56. The van der Waals surface area contributed by atoms with E-state index in [-0.39, 0.29) is 10.2 Å². The van der Waals surface area contributed by atoms with Crippen molar-refractivity contribution >= 4 is 74.8 Å². The first-order valence-corrected chi connectivity index (χ1v) is 30.0. The van der Waals surface area contributed by atoms with E-state index in [1.807, 2.05) is 67.2 Å². The molecule has 6 nitrogen and oxygen atoms in total. The fourth-order valence-electron chi connectivity index (χ4n) is 6.07. The first kappa shape index (κ1) is 37.4. The highest BCUT2D eigenvalue weighted by Crippen LogP contribution is 2.75. The van der Waals surface area contributed by atoms with Crippen LogP contribution in [0.2, 0.25) is 65.5 Å². The molecule has 2 aliphatic rings. The average Bonchev–Trinajstić information content (AvgIpc) is 3.48. The second kappa shape index (κ2) is 13.2. The summed E-state index contributed by atoms with van der Waals surface area (Å²) in [4.78, 5) is 29.6. The molecule has 2 aliphatic heterocycles. The summed E-state index contributed by atoms with van der Waals surface area (Å²) in [6.07, 6.45) is 8.04. The lowest BCUT2D eigenvalue weighted by molar-refractivity contribution is -0.111. The van der Waals surface area contributed by atoms with Crippen LogP contribution < -0.4 is 0 Å². The van der Waals surface area contributed by atoms with E-state index in [0.717, 1.165) is 20.9 Å². The van der Waals surface area contributed by atoms with Gasteiger partial charge in [0, 0.05) is 23.7 Å². The second-order valence-electron chi connectivity index (χ2n) is 13.8. The molecule has 4 atom stereocenters. The third-order valence-electron chi connectivity index (χ3n) is 7.02. The Bertz CT molecular complexity index is 1310. The molecule has 1 aromatic carbocycles. The van der Waals surface area contributed by atoms with Gasteiger partial charge in [-0.3, -0.25) is 9.59 Å². The number of allylic oxidation sites excluding steroid dienone is 4. The van der Waals surface area contributed by atoms with Gasteiger partial charge in [-0.1, -0.05) is 50.4 Å². The molecule has 44 heavy (non-hydrogen) atoms. The first-order chi connectivity index (χ1) is 20.0. The van der Waals surface area contributed by atoms with Crippen LogP contribution >= 0.6 is 20.1 Å². The Kier molecular flexibility index (Phi) is 11.2. The summed E-state index contributed by atoms with van der Waals surface area (Å²) < 4.78 is 27.0. The van der Waals surface area contributed by atoms with Crippen molar-refractivity contribution in [3.63, 3.8) is 0 Å². The molecule has 2 heterocycles. The molecular weight excluding hydrogens is 657 g/mol. The molecule has 0 spiro atoms. The largest absolute Gasteiger partial charge is 0.384 e. The van der Waals surface area contributed by atoms with E-state index in [1.165, 1.54) is 0 Å². The molecule has 3 rings (SSSR count). The van der Waals surface area contributed by atoms with E-state index >= 15 is 0 Å². The molecule has 12 heteroatoms. The molecule has 244 valence electrons. The standard InChI is InChI=1S/C32H52O6S2Si4/c1-25(33)39(31(3,35-41(5)6)37-43(9,10)11)22-16-20-29(39)27-18-15-19-28(24-27)30-21-17-23-40(30,26(2)34)32(4,36-42(7)8)38-44(12,13)14/h15-24H,1-14H3. The molecule has 0 aliphatic carbocycles. The fraction of sp³-hybridized carbons (Fsp3) is 0.500. The Morgan fingerprint density at radius 1 is 0.682 bits per heavy atom. The number of rotatable bonds is 12. The van der Waals surface area contributed by atoms with Crippen molar-refractivity contribution in [1.29, 1.82) is 0 Å². The molecule has 0 N–H and O–H groups in total. The lowest BCUT2D eigenvalue weighted by Gasteiger charge is -2.52. The third-order valence-corrected chi connectivity index (χ3v) is 19.0. The van der Waals surface area contributed by atoms with E-state index in [4.69, 9.17) is 17.7 Å². The van der Waals surface area contributed by atoms with Gasteiger partial charge < -0.3 is 17.7 Å². The Hall–Kier alpha value is -1.07. The van der Waals surface area contributed by atoms with Gasteiger partial charge in [-0.15, -0.1) is 0 Å². The van der Waals surface area contributed by atoms with E-state index in [0.29, 0.717) is 0 Å². The van der Waals surface area contributed by atoms with Gasteiger partial charge >= 0.3 is 0 Å². The zero-order valence-corrected chi connectivity index (χ0v) is 34.7. The normalized spacial score (nSPS) is 27.7. The molecule has 0 bridgehead atoms. The Morgan fingerprint density at radius 3 is 1.30 bits per heavy atom. The van der Waals surface area contributed by atoms with E-state index in [9.17, 15) is 9.59 Å². The maximum Gasteiger partial charge on any atom is 0.209 e. The Balaban J connectivity index is 2.24. The Morgan fingerprint density at radius 2 is 1.02 bits per heavy atom. The van der Waals surface area contributed by atoms with Crippen molar-refractivity contribution in [2.24, 2.45) is 0 Å². The molecule has 0 saturated heterocycles. The van der Waals surface area contributed by atoms with Gasteiger partial charge in [0.05, 0.1) is 0 Å². The molecule has 1 aromatic rings. The number of hydrogen-bond acceptors (Lipinski definition) is 6. The van der Waals surface area contributed by atoms with Crippen molar-refractivity contribution in [3.05, 3.63) is 70.5 Å². The number of carbonyl (C=O) groups excluding carboxylic acids is 2. The monoisotopic (exact) mass is 708 g/mol. The molecule has 4 unspecified atom stereocenters. The lowest BCUT2D eigenvalue weighted by atomic mass is 10.1. The maximum atomic E-state index is 13.9. The van der Waals surface area contributed by atoms with E-state index in [2.05, 4.69) is 71.5 Å². The Labute approximate surface area is 274 Å². The predicted molar refractivity (Wildman–Crippen MR) is 200 cm³/mol. The fourth-order valence-corrected chi connectivity index (χ4v) is 20.6. The highest BCUT2D eigenvalue weighted by molar-refractivity contribution is 8.55. The van der Waals surface area contributed by atoms with Gasteiger partial charge in [-0.05, 0) is 119 Å². The number of benzene rings is 1. The quantitative estimate of drug-likeness (QED) is 0.159. The SMILES string of the molecule is CC(=O)S1(C(C)(O[Si](C)C)O[Si](C)(C)C)C=CC=C1c1cccc(C2=CC=CS2(C(C)=O)C(C)(O[Si](C)C)O[Si](C)(C)C)c1. The summed E-state index contributed by atoms with van der Waals surface area (Å²) in [5, 5.41) is 1.95. The smallest absolute Gasteiger partial charge is 0.209 e. The summed E-state index contributed by atoms with van der Waals surface area (Å²) in [6, 6.07) is 8.22. The molecule has 0 fully saturated rings. The zero-order valence-electron chi connectivity index (χ0n) is 29.0. The van der Waals surface area contributed by atoms with Crippen molar-refractivity contribution in [1.82, 2.24) is 0 Å². The third kappa shape index (κ3) is 7.24. The van der Waals surface area contributed by atoms with Gasteiger partial charge in [0.2, 0.25) is 18.1 Å². The second-order valence-corrected chi connectivity index (χ2v) is 33.4. The summed E-state index contributed by atoms with van der Waals surface area (Å²) in [7, 11) is -11.5. The molecule has 0 saturated carbocycles. The average molecular weight is 709 g/mol. The number of hydrogen-bond donors (Lipinski definition) is 0. The minimum atomic E-state index is -2.37. The topological polar surface area (TPSA) is 71.1 Å². The lowest BCUT2D eigenvalue weighted by Crippen LogP contribution is -2.49. The van der Waals surface area contributed by atoms with Crippen molar-refractivity contribution in [3.8, 4) is 0 Å². The van der Waals surface area contributed by atoms with Crippen LogP contribution in [0.4, 0.5) is 0 Å². The van der Waals surface area contributed by atoms with Crippen LogP contribution in [0.5, 0.6) is 0 Å². The minimum absolute atomic E-state index is 0.0439. The van der Waals surface area contributed by atoms with Crippen LogP contribution in [0, 0.1) is 0 Å². The van der Waals surface area contributed by atoms with Gasteiger partial charge in [0.1, 0.15) is 0 Å². The van der Waals surface area contributed by atoms with Crippen LogP contribution in [0.1, 0.15) is 38.8 Å². The van der Waals surface area contributed by atoms with Crippen molar-refractivity contribution in [2.45, 2.75) is 103 Å². The van der Waals surface area contributed by atoms with Crippen LogP contribution in [-0.2, 0) is 27.3 Å². The first-order valence-electron chi connectivity index (χ1n) is 15.0. The summed E-state index contributed by atoms with van der Waals surface area (Å²) in [5.41, 5.74) is 1.84. The van der Waals surface area contributed by atoms with E-state index in [1.54, 1.807) is 13.8 Å². The minimum Gasteiger partial charge on any atom is -0.384 e. The van der Waals surface area contributed by atoms with Crippen LogP contribution in [0.15, 0.2) is 59.4 Å². The molecule has 0 aromatic heterocycles.